The first-order chi connectivity index (χ1) is 10.2. The van der Waals surface area contributed by atoms with Crippen LogP contribution in [0.1, 0.15) is 22.4 Å². The van der Waals surface area contributed by atoms with Gasteiger partial charge in [0.15, 0.2) is 5.13 Å². The molecule has 5 heteroatoms. The van der Waals surface area contributed by atoms with E-state index < -0.39 is 0 Å². The summed E-state index contributed by atoms with van der Waals surface area (Å²) in [5, 5.41) is 12.0. The summed E-state index contributed by atoms with van der Waals surface area (Å²) in [4.78, 5) is 16.9. The summed E-state index contributed by atoms with van der Waals surface area (Å²) < 4.78 is 0. The minimum atomic E-state index is -0.0893. The van der Waals surface area contributed by atoms with Crippen LogP contribution in [0.2, 0.25) is 0 Å². The van der Waals surface area contributed by atoms with Crippen LogP contribution in [0.15, 0.2) is 30.5 Å². The third-order valence-electron chi connectivity index (χ3n) is 2.81. The van der Waals surface area contributed by atoms with E-state index in [0.29, 0.717) is 18.0 Å². The molecule has 4 nitrogen and oxygen atoms in total. The molecule has 1 amide bonds. The number of amides is 1. The summed E-state index contributed by atoms with van der Waals surface area (Å²) in [6.45, 7) is 2.03. The molecule has 2 rings (SSSR count). The normalized spacial score (nSPS) is 9.81. The van der Waals surface area contributed by atoms with E-state index in [1.807, 2.05) is 31.2 Å². The summed E-state index contributed by atoms with van der Waals surface area (Å²) in [6.07, 6.45) is 2.39. The number of carbonyl (C=O) groups excluding carboxylic acids is 1. The van der Waals surface area contributed by atoms with Crippen LogP contribution in [0.25, 0.3) is 0 Å². The monoisotopic (exact) mass is 300 g/mol. The van der Waals surface area contributed by atoms with E-state index in [0.717, 1.165) is 16.0 Å². The molecule has 2 N–H and O–H groups in total. The van der Waals surface area contributed by atoms with Gasteiger partial charge in [-0.05, 0) is 18.1 Å². The molecular weight excluding hydrogens is 284 g/mol. The molecule has 0 fully saturated rings. The van der Waals surface area contributed by atoms with Crippen molar-refractivity contribution in [3.05, 3.63) is 46.5 Å². The molecule has 0 spiro atoms. The Balaban J connectivity index is 1.95. The van der Waals surface area contributed by atoms with Crippen molar-refractivity contribution in [1.82, 2.24) is 4.98 Å². The Morgan fingerprint density at radius 3 is 3.00 bits per heavy atom. The Bertz CT molecular complexity index is 683. The third-order valence-corrected chi connectivity index (χ3v) is 3.64. The number of rotatable bonds is 4. The number of aryl methyl sites for hydroxylation is 1. The highest BCUT2D eigenvalue weighted by Crippen LogP contribution is 2.17. The van der Waals surface area contributed by atoms with Crippen molar-refractivity contribution in [3.63, 3.8) is 0 Å². The highest BCUT2D eigenvalue weighted by atomic mass is 32.1. The Labute approximate surface area is 127 Å². The van der Waals surface area contributed by atoms with Crippen LogP contribution in [0.3, 0.4) is 0 Å². The molecule has 0 radical (unpaired) electrons. The van der Waals surface area contributed by atoms with Crippen LogP contribution < -0.4 is 5.32 Å². The molecule has 1 aromatic carbocycles. The number of anilines is 1. The number of benzene rings is 1. The lowest BCUT2D eigenvalue weighted by atomic mass is 10.1. The van der Waals surface area contributed by atoms with E-state index in [-0.39, 0.29) is 12.5 Å². The molecule has 0 atom stereocenters. The SMILES string of the molecule is Cc1ccccc1CC(=O)Nc1ncc(C#CCCO)s1. The van der Waals surface area contributed by atoms with Gasteiger partial charge < -0.3 is 10.4 Å². The molecule has 0 aliphatic rings. The fourth-order valence-corrected chi connectivity index (χ4v) is 2.45. The summed E-state index contributed by atoms with van der Waals surface area (Å²) in [5.74, 6) is 5.63. The van der Waals surface area contributed by atoms with Gasteiger partial charge in [0, 0.05) is 6.42 Å². The maximum absolute atomic E-state index is 12.0. The molecule has 108 valence electrons. The lowest BCUT2D eigenvalue weighted by Gasteiger charge is -2.04. The number of aliphatic hydroxyl groups is 1. The maximum Gasteiger partial charge on any atom is 0.230 e. The third kappa shape index (κ3) is 4.71. The fraction of sp³-hybridized carbons (Fsp3) is 0.250. The predicted octanol–water partition coefficient (Wildman–Crippen LogP) is 2.37. The molecule has 21 heavy (non-hydrogen) atoms. The number of aliphatic hydroxyl groups excluding tert-OH is 1. The molecule has 0 aliphatic heterocycles. The molecule has 0 unspecified atom stereocenters. The quantitative estimate of drug-likeness (QED) is 0.852. The molecular formula is C16H16N2O2S. The number of hydrogen-bond donors (Lipinski definition) is 2. The van der Waals surface area contributed by atoms with Gasteiger partial charge in [0.05, 0.1) is 24.1 Å². The second-order valence-electron chi connectivity index (χ2n) is 4.46. The topological polar surface area (TPSA) is 62.2 Å². The zero-order valence-electron chi connectivity index (χ0n) is 11.7. The van der Waals surface area contributed by atoms with Crippen molar-refractivity contribution >= 4 is 22.4 Å². The van der Waals surface area contributed by atoms with Gasteiger partial charge in [0.25, 0.3) is 0 Å². The molecule has 0 bridgehead atoms. The van der Waals surface area contributed by atoms with E-state index in [1.165, 1.54) is 11.3 Å². The standard InChI is InChI=1S/C16H16N2O2S/c1-12-6-2-3-7-13(12)10-15(20)18-16-17-11-14(21-16)8-4-5-9-19/h2-3,6-7,11,19H,5,9-10H2,1H3,(H,17,18,20). The first-order valence-electron chi connectivity index (χ1n) is 6.59. The van der Waals surface area contributed by atoms with Crippen LogP contribution in [0.4, 0.5) is 5.13 Å². The highest BCUT2D eigenvalue weighted by Gasteiger charge is 2.08. The summed E-state index contributed by atoms with van der Waals surface area (Å²) >= 11 is 1.33. The first kappa shape index (κ1) is 15.2. The van der Waals surface area contributed by atoms with E-state index in [2.05, 4.69) is 22.1 Å². The van der Waals surface area contributed by atoms with Crippen LogP contribution in [-0.4, -0.2) is 22.6 Å². The van der Waals surface area contributed by atoms with Crippen molar-refractivity contribution in [2.45, 2.75) is 19.8 Å². The molecule has 1 aromatic heterocycles. The second kappa shape index (κ2) is 7.58. The first-order valence-corrected chi connectivity index (χ1v) is 7.40. The van der Waals surface area contributed by atoms with Crippen molar-refractivity contribution in [1.29, 1.82) is 0 Å². The largest absolute Gasteiger partial charge is 0.395 e. The van der Waals surface area contributed by atoms with Crippen LogP contribution >= 0.6 is 11.3 Å². The number of hydrogen-bond acceptors (Lipinski definition) is 4. The van der Waals surface area contributed by atoms with Gasteiger partial charge in [0.1, 0.15) is 0 Å². The van der Waals surface area contributed by atoms with Gasteiger partial charge in [-0.1, -0.05) is 47.4 Å². The second-order valence-corrected chi connectivity index (χ2v) is 5.49. The molecule has 2 aromatic rings. The van der Waals surface area contributed by atoms with E-state index in [9.17, 15) is 4.79 Å². The zero-order valence-corrected chi connectivity index (χ0v) is 12.5. The average Bonchev–Trinajstić information content (AvgIpc) is 2.89. The predicted molar refractivity (Wildman–Crippen MR) is 84.2 cm³/mol. The van der Waals surface area contributed by atoms with Gasteiger partial charge in [-0.15, -0.1) is 0 Å². The fourth-order valence-electron chi connectivity index (χ4n) is 1.74. The van der Waals surface area contributed by atoms with Gasteiger partial charge in [-0.25, -0.2) is 4.98 Å². The lowest BCUT2D eigenvalue weighted by molar-refractivity contribution is -0.115. The summed E-state index contributed by atoms with van der Waals surface area (Å²) in [7, 11) is 0. The molecule has 1 heterocycles. The lowest BCUT2D eigenvalue weighted by Crippen LogP contribution is -2.14. The van der Waals surface area contributed by atoms with Crippen molar-refractivity contribution in [3.8, 4) is 11.8 Å². The van der Waals surface area contributed by atoms with Crippen LogP contribution in [-0.2, 0) is 11.2 Å². The van der Waals surface area contributed by atoms with Gasteiger partial charge in [-0.2, -0.15) is 0 Å². The summed E-state index contributed by atoms with van der Waals surface area (Å²) in [6, 6.07) is 7.81. The highest BCUT2D eigenvalue weighted by molar-refractivity contribution is 7.16. The number of nitrogens with zero attached hydrogens (tertiary/aromatic N) is 1. The minimum Gasteiger partial charge on any atom is -0.395 e. The van der Waals surface area contributed by atoms with E-state index in [4.69, 9.17) is 5.11 Å². The van der Waals surface area contributed by atoms with Gasteiger partial charge in [0.2, 0.25) is 5.91 Å². The van der Waals surface area contributed by atoms with E-state index >= 15 is 0 Å². The molecule has 0 saturated carbocycles. The molecule has 0 saturated heterocycles. The Morgan fingerprint density at radius 2 is 2.24 bits per heavy atom. The number of thiazole rings is 1. The number of aromatic nitrogens is 1. The van der Waals surface area contributed by atoms with E-state index in [1.54, 1.807) is 6.20 Å². The number of carbonyl (C=O) groups is 1. The average molecular weight is 300 g/mol. The van der Waals surface area contributed by atoms with Gasteiger partial charge >= 0.3 is 0 Å². The smallest absolute Gasteiger partial charge is 0.230 e. The number of nitrogens with one attached hydrogen (secondary N) is 1. The van der Waals surface area contributed by atoms with Crippen LogP contribution in [0.5, 0.6) is 0 Å². The minimum absolute atomic E-state index is 0.0474. The zero-order chi connectivity index (χ0) is 15.1. The van der Waals surface area contributed by atoms with Gasteiger partial charge in [-0.3, -0.25) is 4.79 Å². The van der Waals surface area contributed by atoms with Crippen molar-refractivity contribution in [2.24, 2.45) is 0 Å². The Morgan fingerprint density at radius 1 is 1.43 bits per heavy atom. The van der Waals surface area contributed by atoms with Crippen molar-refractivity contribution < 1.29 is 9.90 Å². The Kier molecular flexibility index (Phi) is 5.50. The van der Waals surface area contributed by atoms with Crippen LogP contribution in [0, 0.1) is 18.8 Å². The Hall–Kier alpha value is -2.16. The summed E-state index contributed by atoms with van der Waals surface area (Å²) in [5.41, 5.74) is 2.11. The maximum atomic E-state index is 12.0. The van der Waals surface area contributed by atoms with Crippen molar-refractivity contribution in [2.75, 3.05) is 11.9 Å². The molecule has 0 aliphatic carbocycles.